The second kappa shape index (κ2) is 7.70. The number of nitrogens with zero attached hydrogens (tertiary/aromatic N) is 1. The van der Waals surface area contributed by atoms with Crippen LogP contribution in [0.3, 0.4) is 0 Å². The lowest BCUT2D eigenvalue weighted by Crippen LogP contribution is -2.50. The Morgan fingerprint density at radius 2 is 2.08 bits per heavy atom. The fraction of sp³-hybridized carbons (Fsp3) is 0.353. The van der Waals surface area contributed by atoms with Crippen molar-refractivity contribution in [1.29, 1.82) is 0 Å². The molecule has 1 aliphatic rings. The third kappa shape index (κ3) is 4.29. The summed E-state index contributed by atoms with van der Waals surface area (Å²) in [5.41, 5.74) is 0.320. The van der Waals surface area contributed by atoms with Crippen molar-refractivity contribution in [3.05, 3.63) is 52.8 Å². The lowest BCUT2D eigenvalue weighted by Gasteiger charge is -2.38. The molecule has 1 amide bonds. The third-order valence-electron chi connectivity index (χ3n) is 3.99. The average molecular weight is 353 g/mol. The van der Waals surface area contributed by atoms with Crippen LogP contribution in [-0.4, -0.2) is 51.4 Å². The molecule has 0 radical (unpaired) electrons. The van der Waals surface area contributed by atoms with Gasteiger partial charge in [-0.15, -0.1) is 0 Å². The predicted molar refractivity (Wildman–Crippen MR) is 91.5 cm³/mol. The Balaban J connectivity index is 1.96. The van der Waals surface area contributed by atoms with Gasteiger partial charge in [0.15, 0.2) is 0 Å². The molecule has 0 fully saturated rings. The van der Waals surface area contributed by atoms with Crippen molar-refractivity contribution in [2.24, 2.45) is 0 Å². The molecular formula is C17H21ClN2O4. The Bertz CT molecular complexity index is 669. The second-order valence-corrected chi connectivity index (χ2v) is 6.38. The van der Waals surface area contributed by atoms with E-state index in [4.69, 9.17) is 11.6 Å². The summed E-state index contributed by atoms with van der Waals surface area (Å²) < 4.78 is 0. The number of carbonyl (C=O) groups excluding carboxylic acids is 1. The van der Waals surface area contributed by atoms with Crippen LogP contribution < -0.4 is 5.32 Å². The summed E-state index contributed by atoms with van der Waals surface area (Å²) in [7, 11) is 0. The minimum absolute atomic E-state index is 0.00623. The van der Waals surface area contributed by atoms with Crippen LogP contribution in [0.5, 0.6) is 5.75 Å². The molecule has 6 nitrogen and oxygen atoms in total. The number of carbonyl (C=O) groups is 1. The van der Waals surface area contributed by atoms with Crippen LogP contribution in [0.4, 0.5) is 0 Å². The van der Waals surface area contributed by atoms with E-state index in [2.05, 4.69) is 5.32 Å². The Morgan fingerprint density at radius 1 is 1.38 bits per heavy atom. The number of hydrogen-bond acceptors (Lipinski definition) is 5. The zero-order valence-electron chi connectivity index (χ0n) is 13.4. The van der Waals surface area contributed by atoms with Crippen LogP contribution in [0.25, 0.3) is 0 Å². The maximum atomic E-state index is 12.1. The molecule has 2 rings (SSSR count). The van der Waals surface area contributed by atoms with Crippen LogP contribution in [0, 0.1) is 0 Å². The molecule has 0 aliphatic carbocycles. The lowest BCUT2D eigenvalue weighted by molar-refractivity contribution is -0.119. The van der Waals surface area contributed by atoms with E-state index in [-0.39, 0.29) is 31.3 Å². The molecule has 1 aromatic rings. The minimum Gasteiger partial charge on any atom is -0.508 e. The van der Waals surface area contributed by atoms with Crippen molar-refractivity contribution in [2.45, 2.75) is 18.9 Å². The molecule has 0 saturated heterocycles. The molecule has 4 N–H and O–H groups in total. The van der Waals surface area contributed by atoms with Gasteiger partial charge in [0.25, 0.3) is 0 Å². The van der Waals surface area contributed by atoms with Crippen molar-refractivity contribution in [2.75, 3.05) is 19.8 Å². The summed E-state index contributed by atoms with van der Waals surface area (Å²) in [6, 6.07) is 4.56. The van der Waals surface area contributed by atoms with E-state index in [0.29, 0.717) is 22.8 Å². The van der Waals surface area contributed by atoms with Gasteiger partial charge in [-0.25, -0.2) is 0 Å². The van der Waals surface area contributed by atoms with Crippen molar-refractivity contribution in [3.8, 4) is 5.75 Å². The molecule has 24 heavy (non-hydrogen) atoms. The fourth-order valence-corrected chi connectivity index (χ4v) is 2.49. The molecule has 0 unspecified atom stereocenters. The van der Waals surface area contributed by atoms with Crippen LogP contribution in [0.1, 0.15) is 12.5 Å². The molecule has 130 valence electrons. The molecule has 1 aromatic carbocycles. The summed E-state index contributed by atoms with van der Waals surface area (Å²) in [5, 5.41) is 31.8. The number of halogens is 1. The highest BCUT2D eigenvalue weighted by atomic mass is 35.5. The molecule has 0 bridgehead atoms. The number of aromatic hydroxyl groups is 1. The van der Waals surface area contributed by atoms with Gasteiger partial charge >= 0.3 is 0 Å². The molecule has 1 heterocycles. The van der Waals surface area contributed by atoms with Gasteiger partial charge in [-0.3, -0.25) is 4.79 Å². The Labute approximate surface area is 145 Å². The van der Waals surface area contributed by atoms with Crippen molar-refractivity contribution >= 4 is 17.5 Å². The van der Waals surface area contributed by atoms with Crippen molar-refractivity contribution < 1.29 is 20.1 Å². The van der Waals surface area contributed by atoms with Crippen LogP contribution in [0.2, 0.25) is 5.02 Å². The van der Waals surface area contributed by atoms with Gasteiger partial charge in [-0.1, -0.05) is 11.6 Å². The van der Waals surface area contributed by atoms with E-state index in [0.717, 1.165) is 0 Å². The number of aliphatic hydroxyl groups excluding tert-OH is 2. The van der Waals surface area contributed by atoms with E-state index in [9.17, 15) is 20.1 Å². The molecule has 0 aromatic heterocycles. The maximum absolute atomic E-state index is 12.1. The molecule has 7 heteroatoms. The first-order valence-electron chi connectivity index (χ1n) is 7.52. The average Bonchev–Trinajstić information content (AvgIpc) is 2.58. The zero-order valence-corrected chi connectivity index (χ0v) is 14.1. The number of hydrogen-bond donors (Lipinski definition) is 4. The standard InChI is InChI=1S/C17H21ClN2O4/c1-17(10-21,11-22)20-6-4-14(5-7-20)19-16(24)9-12-8-13(18)2-3-15(12)23/h2-6,8,21-23H,7,9-11H2,1H3,(H,19,24). The molecule has 0 spiro atoms. The largest absolute Gasteiger partial charge is 0.508 e. The highest BCUT2D eigenvalue weighted by molar-refractivity contribution is 6.30. The van der Waals surface area contributed by atoms with Gasteiger partial charge in [0.2, 0.25) is 5.91 Å². The van der Waals surface area contributed by atoms with Gasteiger partial charge in [-0.2, -0.15) is 0 Å². The summed E-state index contributed by atoms with van der Waals surface area (Å²) in [6.07, 6.45) is 5.22. The monoisotopic (exact) mass is 352 g/mol. The topological polar surface area (TPSA) is 93.0 Å². The van der Waals surface area contributed by atoms with E-state index >= 15 is 0 Å². The predicted octanol–water partition coefficient (Wildman–Crippen LogP) is 1.16. The first-order valence-corrected chi connectivity index (χ1v) is 7.90. The van der Waals surface area contributed by atoms with Gasteiger partial charge < -0.3 is 25.5 Å². The van der Waals surface area contributed by atoms with Crippen molar-refractivity contribution in [1.82, 2.24) is 10.2 Å². The summed E-state index contributed by atoms with van der Waals surface area (Å²) >= 11 is 5.87. The van der Waals surface area contributed by atoms with E-state index in [1.54, 1.807) is 42.3 Å². The molecular weight excluding hydrogens is 332 g/mol. The van der Waals surface area contributed by atoms with E-state index in [1.807, 2.05) is 0 Å². The van der Waals surface area contributed by atoms with E-state index in [1.165, 1.54) is 6.07 Å². The van der Waals surface area contributed by atoms with Crippen LogP contribution >= 0.6 is 11.6 Å². The van der Waals surface area contributed by atoms with Gasteiger partial charge in [0.1, 0.15) is 5.75 Å². The Hall–Kier alpha value is -2.02. The highest BCUT2D eigenvalue weighted by Crippen LogP contribution is 2.22. The first kappa shape index (κ1) is 18.3. The second-order valence-electron chi connectivity index (χ2n) is 5.94. The van der Waals surface area contributed by atoms with Gasteiger partial charge in [0.05, 0.1) is 25.2 Å². The summed E-state index contributed by atoms with van der Waals surface area (Å²) in [4.78, 5) is 13.9. The quantitative estimate of drug-likeness (QED) is 0.616. The normalized spacial score (nSPS) is 14.5. The highest BCUT2D eigenvalue weighted by Gasteiger charge is 2.28. The van der Waals surface area contributed by atoms with Crippen LogP contribution in [-0.2, 0) is 11.2 Å². The number of nitrogens with one attached hydrogen (secondary N) is 1. The van der Waals surface area contributed by atoms with Gasteiger partial charge in [0, 0.05) is 29.0 Å². The number of rotatable bonds is 6. The zero-order chi connectivity index (χ0) is 17.7. The van der Waals surface area contributed by atoms with Gasteiger partial charge in [-0.05, 0) is 37.3 Å². The summed E-state index contributed by atoms with van der Waals surface area (Å²) in [6.45, 7) is 1.83. The number of amides is 1. The van der Waals surface area contributed by atoms with Crippen LogP contribution in [0.15, 0.2) is 42.2 Å². The number of allylic oxidation sites excluding steroid dienone is 1. The number of phenolic OH excluding ortho intramolecular Hbond substituents is 1. The molecule has 0 saturated carbocycles. The fourth-order valence-electron chi connectivity index (χ4n) is 2.29. The maximum Gasteiger partial charge on any atom is 0.228 e. The number of benzene rings is 1. The van der Waals surface area contributed by atoms with Crippen molar-refractivity contribution in [3.63, 3.8) is 0 Å². The Kier molecular flexibility index (Phi) is 5.88. The van der Waals surface area contributed by atoms with E-state index < -0.39 is 5.54 Å². The smallest absolute Gasteiger partial charge is 0.228 e. The third-order valence-corrected chi connectivity index (χ3v) is 4.23. The SMILES string of the molecule is CC(CO)(CO)N1C=CC(NC(=O)Cc2cc(Cl)ccc2O)=CC1. The molecule has 0 atom stereocenters. The Morgan fingerprint density at radius 3 is 2.67 bits per heavy atom. The first-order chi connectivity index (χ1) is 11.4. The lowest BCUT2D eigenvalue weighted by atomic mass is 10.0. The summed E-state index contributed by atoms with van der Waals surface area (Å²) in [5.74, 6) is -0.250. The molecule has 1 aliphatic heterocycles. The minimum atomic E-state index is -0.755. The number of aliphatic hydroxyl groups is 2. The number of phenols is 1.